The molecule has 1 heterocycles. The lowest BCUT2D eigenvalue weighted by atomic mass is 10.2. The zero-order chi connectivity index (χ0) is 23.8. The number of para-hydroxylation sites is 1. The van der Waals surface area contributed by atoms with Crippen molar-refractivity contribution in [3.05, 3.63) is 64.4 Å². The highest BCUT2D eigenvalue weighted by Crippen LogP contribution is 2.31. The highest BCUT2D eigenvalue weighted by atomic mass is 32.2. The van der Waals surface area contributed by atoms with E-state index in [-0.39, 0.29) is 11.6 Å². The summed E-state index contributed by atoms with van der Waals surface area (Å²) in [6.07, 6.45) is -0.547. The Bertz CT molecular complexity index is 1160. The topological polar surface area (TPSA) is 64.0 Å². The normalized spacial score (nSPS) is 11.6. The number of unbranched alkanes of at least 4 members (excludes halogenated alkanes) is 2. The van der Waals surface area contributed by atoms with Crippen molar-refractivity contribution in [2.45, 2.75) is 50.4 Å². The fourth-order valence-corrected chi connectivity index (χ4v) is 4.30. The molecular weight excluding hydrogens is 451 g/mol. The van der Waals surface area contributed by atoms with Gasteiger partial charge in [-0.2, -0.15) is 13.2 Å². The number of halogens is 3. The molecule has 0 aliphatic carbocycles. The number of nitrogens with one attached hydrogen (secondary N) is 1. The summed E-state index contributed by atoms with van der Waals surface area (Å²) in [7, 11) is 0. The number of nitrogens with zero attached hydrogens (tertiary/aromatic N) is 2. The van der Waals surface area contributed by atoms with Crippen LogP contribution in [0.5, 0.6) is 0 Å². The van der Waals surface area contributed by atoms with E-state index < -0.39 is 17.3 Å². The molecule has 0 atom stereocenters. The quantitative estimate of drug-likeness (QED) is 0.235. The van der Waals surface area contributed by atoms with Gasteiger partial charge in [0.25, 0.3) is 5.56 Å². The van der Waals surface area contributed by atoms with E-state index in [0.29, 0.717) is 41.2 Å². The van der Waals surface area contributed by atoms with Gasteiger partial charge in [0.1, 0.15) is 0 Å². The van der Waals surface area contributed by atoms with E-state index in [2.05, 4.69) is 17.2 Å². The van der Waals surface area contributed by atoms with Gasteiger partial charge in [-0.05, 0) is 43.2 Å². The van der Waals surface area contributed by atoms with Crippen molar-refractivity contribution < 1.29 is 18.0 Å². The average Bonchev–Trinajstić information content (AvgIpc) is 2.79. The summed E-state index contributed by atoms with van der Waals surface area (Å²) in [5.74, 6) is 0.458. The van der Waals surface area contributed by atoms with E-state index in [1.807, 2.05) is 0 Å². The predicted molar refractivity (Wildman–Crippen MR) is 125 cm³/mol. The van der Waals surface area contributed by atoms with Gasteiger partial charge in [0, 0.05) is 18.7 Å². The average molecular weight is 478 g/mol. The SMILES string of the molecule is CCCCCNC(=O)CCCSc1nc2ccccc2c(=O)n1-c1cccc(C(F)(F)F)c1. The van der Waals surface area contributed by atoms with E-state index in [4.69, 9.17) is 0 Å². The number of aromatic nitrogens is 2. The number of fused-ring (bicyclic) bond motifs is 1. The zero-order valence-electron chi connectivity index (χ0n) is 18.3. The van der Waals surface area contributed by atoms with E-state index >= 15 is 0 Å². The number of benzene rings is 2. The summed E-state index contributed by atoms with van der Waals surface area (Å²) in [6, 6.07) is 11.4. The van der Waals surface area contributed by atoms with Crippen LogP contribution in [0.4, 0.5) is 13.2 Å². The van der Waals surface area contributed by atoms with Crippen LogP contribution in [0.1, 0.15) is 44.6 Å². The smallest absolute Gasteiger partial charge is 0.356 e. The molecule has 9 heteroatoms. The van der Waals surface area contributed by atoms with E-state index in [1.165, 1.54) is 28.5 Å². The van der Waals surface area contributed by atoms with Gasteiger partial charge in [0.05, 0.1) is 22.2 Å². The monoisotopic (exact) mass is 477 g/mol. The van der Waals surface area contributed by atoms with Crippen molar-refractivity contribution in [1.82, 2.24) is 14.9 Å². The van der Waals surface area contributed by atoms with Crippen LogP contribution in [0, 0.1) is 0 Å². The van der Waals surface area contributed by atoms with Gasteiger partial charge in [-0.1, -0.05) is 49.7 Å². The summed E-state index contributed by atoms with van der Waals surface area (Å²) in [5.41, 5.74) is -0.696. The predicted octanol–water partition coefficient (Wildman–Crippen LogP) is 5.58. The molecule has 0 radical (unpaired) electrons. The second kappa shape index (κ2) is 11.4. The van der Waals surface area contributed by atoms with Gasteiger partial charge < -0.3 is 5.32 Å². The lowest BCUT2D eigenvalue weighted by Gasteiger charge is -2.15. The molecule has 0 saturated carbocycles. The van der Waals surface area contributed by atoms with Gasteiger partial charge >= 0.3 is 6.18 Å². The van der Waals surface area contributed by atoms with Crippen LogP contribution in [0.25, 0.3) is 16.6 Å². The first kappa shape index (κ1) is 24.8. The summed E-state index contributed by atoms with van der Waals surface area (Å²) >= 11 is 1.25. The molecule has 5 nitrogen and oxygen atoms in total. The van der Waals surface area contributed by atoms with Crippen LogP contribution in [0.3, 0.4) is 0 Å². The van der Waals surface area contributed by atoms with Crippen molar-refractivity contribution in [2.24, 2.45) is 0 Å². The molecule has 2 aromatic carbocycles. The minimum Gasteiger partial charge on any atom is -0.356 e. The van der Waals surface area contributed by atoms with Crippen LogP contribution in [-0.4, -0.2) is 27.8 Å². The van der Waals surface area contributed by atoms with Crippen LogP contribution < -0.4 is 10.9 Å². The number of hydrogen-bond acceptors (Lipinski definition) is 4. The Labute approximate surface area is 194 Å². The third-order valence-electron chi connectivity index (χ3n) is 5.06. The van der Waals surface area contributed by atoms with Gasteiger partial charge in [0.2, 0.25) is 5.91 Å². The fourth-order valence-electron chi connectivity index (χ4n) is 3.35. The maximum atomic E-state index is 13.2. The fraction of sp³-hybridized carbons (Fsp3) is 0.375. The number of hydrogen-bond donors (Lipinski definition) is 1. The zero-order valence-corrected chi connectivity index (χ0v) is 19.1. The molecule has 0 spiro atoms. The van der Waals surface area contributed by atoms with E-state index in [9.17, 15) is 22.8 Å². The molecule has 176 valence electrons. The summed E-state index contributed by atoms with van der Waals surface area (Å²) in [5, 5.41) is 3.50. The maximum absolute atomic E-state index is 13.2. The summed E-state index contributed by atoms with van der Waals surface area (Å²) in [4.78, 5) is 29.7. The molecule has 1 aromatic heterocycles. The Hall–Kier alpha value is -2.81. The number of carbonyl (C=O) groups is 1. The lowest BCUT2D eigenvalue weighted by Crippen LogP contribution is -2.24. The van der Waals surface area contributed by atoms with E-state index in [0.717, 1.165) is 31.4 Å². The van der Waals surface area contributed by atoms with Gasteiger partial charge in [-0.3, -0.25) is 14.2 Å². The Morgan fingerprint density at radius 2 is 1.88 bits per heavy atom. The Balaban J connectivity index is 1.82. The van der Waals surface area contributed by atoms with E-state index in [1.54, 1.807) is 24.3 Å². The van der Waals surface area contributed by atoms with Crippen molar-refractivity contribution >= 4 is 28.6 Å². The number of amides is 1. The first-order valence-electron chi connectivity index (χ1n) is 10.9. The number of thioether (sulfide) groups is 1. The Kier molecular flexibility index (Phi) is 8.55. The van der Waals surface area contributed by atoms with Crippen LogP contribution in [0.15, 0.2) is 58.5 Å². The molecule has 3 aromatic rings. The molecule has 0 bridgehead atoms. The molecule has 1 N–H and O–H groups in total. The Morgan fingerprint density at radius 3 is 2.64 bits per heavy atom. The largest absolute Gasteiger partial charge is 0.416 e. The molecule has 0 unspecified atom stereocenters. The second-order valence-corrected chi connectivity index (χ2v) is 8.67. The molecule has 3 rings (SSSR count). The highest BCUT2D eigenvalue weighted by Gasteiger charge is 2.30. The first-order chi connectivity index (χ1) is 15.8. The van der Waals surface area contributed by atoms with Gasteiger partial charge in [0.15, 0.2) is 5.16 Å². The van der Waals surface area contributed by atoms with Gasteiger partial charge in [-0.15, -0.1) is 0 Å². The van der Waals surface area contributed by atoms with Crippen molar-refractivity contribution in [2.75, 3.05) is 12.3 Å². The Morgan fingerprint density at radius 1 is 1.09 bits per heavy atom. The van der Waals surface area contributed by atoms with Crippen LogP contribution in [-0.2, 0) is 11.0 Å². The maximum Gasteiger partial charge on any atom is 0.416 e. The molecule has 0 saturated heterocycles. The van der Waals surface area contributed by atoms with Crippen molar-refractivity contribution in [3.8, 4) is 5.69 Å². The van der Waals surface area contributed by atoms with Crippen molar-refractivity contribution in [1.29, 1.82) is 0 Å². The van der Waals surface area contributed by atoms with Crippen molar-refractivity contribution in [3.63, 3.8) is 0 Å². The standard InChI is InChI=1S/C24H26F3N3O2S/c1-2-3-6-14-28-21(31)13-8-15-33-23-29-20-12-5-4-11-19(20)22(32)30(23)18-10-7-9-17(16-18)24(25,26)27/h4-5,7,9-12,16H,2-3,6,8,13-15H2,1H3,(H,28,31). The number of rotatable bonds is 10. The molecule has 0 aliphatic heterocycles. The lowest BCUT2D eigenvalue weighted by molar-refractivity contribution is -0.137. The van der Waals surface area contributed by atoms with Crippen LogP contribution in [0.2, 0.25) is 0 Å². The third kappa shape index (κ3) is 6.60. The molecule has 0 aliphatic rings. The third-order valence-corrected chi connectivity index (χ3v) is 6.08. The molecule has 1 amide bonds. The van der Waals surface area contributed by atoms with Gasteiger partial charge in [-0.25, -0.2) is 4.98 Å². The van der Waals surface area contributed by atoms with Crippen LogP contribution >= 0.6 is 11.8 Å². The minimum atomic E-state index is -4.53. The molecule has 0 fully saturated rings. The molecule has 33 heavy (non-hydrogen) atoms. The summed E-state index contributed by atoms with van der Waals surface area (Å²) < 4.78 is 41.0. The summed E-state index contributed by atoms with van der Waals surface area (Å²) in [6.45, 7) is 2.75. The number of carbonyl (C=O) groups excluding carboxylic acids is 1. The number of alkyl halides is 3. The molecular formula is C24H26F3N3O2S. The minimum absolute atomic E-state index is 0.0338. The highest BCUT2D eigenvalue weighted by molar-refractivity contribution is 7.99. The second-order valence-electron chi connectivity index (χ2n) is 7.61. The first-order valence-corrected chi connectivity index (χ1v) is 11.9.